The van der Waals surface area contributed by atoms with Crippen molar-refractivity contribution in [1.82, 2.24) is 4.90 Å². The summed E-state index contributed by atoms with van der Waals surface area (Å²) in [6.07, 6.45) is 9.75. The molecule has 0 aliphatic carbocycles. The zero-order chi connectivity index (χ0) is 21.8. The lowest BCUT2D eigenvalue weighted by Crippen LogP contribution is -2.48. The molecule has 3 aliphatic rings. The average molecular weight is 467 g/mol. The summed E-state index contributed by atoms with van der Waals surface area (Å²) in [5.74, 6) is 3.59. The average Bonchev–Trinajstić information content (AvgIpc) is 2.84. The molecule has 2 saturated heterocycles. The fourth-order valence-electron chi connectivity index (χ4n) is 5.57. The van der Waals surface area contributed by atoms with Gasteiger partial charge in [-0.2, -0.15) is 11.8 Å². The molecule has 2 aromatic rings. The van der Waals surface area contributed by atoms with E-state index < -0.39 is 0 Å². The smallest absolute Gasteiger partial charge is 0.231 e. The van der Waals surface area contributed by atoms with Gasteiger partial charge in [0.25, 0.3) is 0 Å². The molecular formula is C27H34N2OS2. The first-order valence-corrected chi connectivity index (χ1v) is 14.3. The summed E-state index contributed by atoms with van der Waals surface area (Å²) < 4.78 is 0. The number of thioether (sulfide) groups is 1. The van der Waals surface area contributed by atoms with Crippen LogP contribution in [0.25, 0.3) is 0 Å². The summed E-state index contributed by atoms with van der Waals surface area (Å²) >= 11 is 3.88. The maximum Gasteiger partial charge on any atom is 0.231 e. The molecule has 2 atom stereocenters. The van der Waals surface area contributed by atoms with Gasteiger partial charge < -0.3 is 4.90 Å². The van der Waals surface area contributed by atoms with E-state index in [1.54, 1.807) is 11.8 Å². The Hall–Kier alpha value is -1.43. The molecule has 5 heteroatoms. The lowest BCUT2D eigenvalue weighted by Gasteiger charge is -2.44. The van der Waals surface area contributed by atoms with E-state index in [9.17, 15) is 4.79 Å². The third-order valence-electron chi connectivity index (χ3n) is 7.17. The van der Waals surface area contributed by atoms with Crippen LogP contribution >= 0.6 is 23.5 Å². The molecule has 3 heterocycles. The largest absolute Gasteiger partial charge is 0.300 e. The minimum absolute atomic E-state index is 0.223. The Morgan fingerprint density at radius 2 is 1.62 bits per heavy atom. The van der Waals surface area contributed by atoms with Gasteiger partial charge in [0.1, 0.15) is 0 Å². The van der Waals surface area contributed by atoms with Crippen LogP contribution in [0.5, 0.6) is 0 Å². The molecule has 5 rings (SSSR count). The summed E-state index contributed by atoms with van der Waals surface area (Å²) in [6, 6.07) is 17.4. The highest BCUT2D eigenvalue weighted by molar-refractivity contribution is 7.99. The minimum atomic E-state index is 0.223. The molecule has 2 aromatic carbocycles. The fraction of sp³-hybridized carbons (Fsp3) is 0.519. The number of hydrogen-bond acceptors (Lipinski definition) is 4. The zero-order valence-corrected chi connectivity index (χ0v) is 20.5. The van der Waals surface area contributed by atoms with Crippen molar-refractivity contribution in [1.29, 1.82) is 0 Å². The number of unbranched alkanes of at least 4 members (excludes halogenated alkanes) is 1. The Bertz CT molecular complexity index is 886. The van der Waals surface area contributed by atoms with Gasteiger partial charge in [0.2, 0.25) is 5.91 Å². The van der Waals surface area contributed by atoms with Crippen molar-refractivity contribution in [3.8, 4) is 0 Å². The van der Waals surface area contributed by atoms with Crippen LogP contribution in [0, 0.1) is 5.92 Å². The molecule has 0 bridgehead atoms. The highest BCUT2D eigenvalue weighted by Gasteiger charge is 2.32. The van der Waals surface area contributed by atoms with Gasteiger partial charge in [-0.15, -0.1) is 0 Å². The second-order valence-corrected chi connectivity index (χ2v) is 11.5. The Morgan fingerprint density at radius 3 is 2.41 bits per heavy atom. The van der Waals surface area contributed by atoms with Crippen LogP contribution in [-0.2, 0) is 4.79 Å². The molecule has 3 aliphatic heterocycles. The van der Waals surface area contributed by atoms with E-state index in [4.69, 9.17) is 0 Å². The van der Waals surface area contributed by atoms with Crippen LogP contribution in [0.1, 0.15) is 51.4 Å². The number of para-hydroxylation sites is 2. The van der Waals surface area contributed by atoms with Crippen LogP contribution in [0.15, 0.2) is 58.3 Å². The SMILES string of the molecule is O=C(CCCCSC[C@@H]1CCCN2CCCC[C@H]12)N1c2ccccc2Sc2ccccc21. The van der Waals surface area contributed by atoms with Gasteiger partial charge in [-0.3, -0.25) is 9.69 Å². The van der Waals surface area contributed by atoms with Gasteiger partial charge in [0.15, 0.2) is 0 Å². The number of nitrogens with zero attached hydrogens (tertiary/aromatic N) is 2. The molecule has 0 N–H and O–H groups in total. The molecule has 0 aromatic heterocycles. The molecule has 2 fully saturated rings. The predicted octanol–water partition coefficient (Wildman–Crippen LogP) is 6.98. The van der Waals surface area contributed by atoms with Gasteiger partial charge >= 0.3 is 0 Å². The second-order valence-electron chi connectivity index (χ2n) is 9.30. The highest BCUT2D eigenvalue weighted by atomic mass is 32.2. The number of carbonyl (C=O) groups excluding carboxylic acids is 1. The van der Waals surface area contributed by atoms with Gasteiger partial charge in [0.05, 0.1) is 11.4 Å². The quantitative estimate of drug-likeness (QED) is 0.411. The van der Waals surface area contributed by atoms with Crippen LogP contribution in [0.3, 0.4) is 0 Å². The summed E-state index contributed by atoms with van der Waals surface area (Å²) in [5.41, 5.74) is 2.06. The normalized spacial score (nSPS) is 22.7. The van der Waals surface area contributed by atoms with Crippen molar-refractivity contribution in [3.05, 3.63) is 48.5 Å². The van der Waals surface area contributed by atoms with Crippen molar-refractivity contribution in [2.45, 2.75) is 67.2 Å². The fourth-order valence-corrected chi connectivity index (χ4v) is 7.90. The number of piperidine rings is 2. The van der Waals surface area contributed by atoms with E-state index in [2.05, 4.69) is 53.1 Å². The van der Waals surface area contributed by atoms with Gasteiger partial charge in [-0.1, -0.05) is 42.4 Å². The third-order valence-corrected chi connectivity index (χ3v) is 9.54. The summed E-state index contributed by atoms with van der Waals surface area (Å²) in [4.78, 5) is 20.3. The summed E-state index contributed by atoms with van der Waals surface area (Å²) in [6.45, 7) is 2.66. The number of carbonyl (C=O) groups is 1. The van der Waals surface area contributed by atoms with E-state index in [0.29, 0.717) is 6.42 Å². The topological polar surface area (TPSA) is 23.6 Å². The van der Waals surface area contributed by atoms with Crippen molar-refractivity contribution >= 4 is 40.8 Å². The maximum absolute atomic E-state index is 13.3. The lowest BCUT2D eigenvalue weighted by molar-refractivity contribution is -0.118. The summed E-state index contributed by atoms with van der Waals surface area (Å²) in [7, 11) is 0. The van der Waals surface area contributed by atoms with Crippen molar-refractivity contribution in [3.63, 3.8) is 0 Å². The first kappa shape index (κ1) is 22.4. The molecular weight excluding hydrogens is 432 g/mol. The zero-order valence-electron chi connectivity index (χ0n) is 18.9. The van der Waals surface area contributed by atoms with Gasteiger partial charge in [-0.05, 0) is 93.3 Å². The van der Waals surface area contributed by atoms with E-state index in [-0.39, 0.29) is 5.91 Å². The van der Waals surface area contributed by atoms with Crippen LogP contribution < -0.4 is 4.90 Å². The molecule has 3 nitrogen and oxygen atoms in total. The predicted molar refractivity (Wildman–Crippen MR) is 137 cm³/mol. The van der Waals surface area contributed by atoms with Crippen molar-refractivity contribution < 1.29 is 4.79 Å². The van der Waals surface area contributed by atoms with Crippen molar-refractivity contribution in [2.75, 3.05) is 29.5 Å². The Balaban J connectivity index is 1.11. The molecule has 0 radical (unpaired) electrons. The highest BCUT2D eigenvalue weighted by Crippen LogP contribution is 2.48. The molecule has 0 saturated carbocycles. The van der Waals surface area contributed by atoms with E-state index in [0.717, 1.165) is 36.2 Å². The first-order valence-electron chi connectivity index (χ1n) is 12.3. The van der Waals surface area contributed by atoms with Crippen molar-refractivity contribution in [2.24, 2.45) is 5.92 Å². The molecule has 32 heavy (non-hydrogen) atoms. The standard InChI is InChI=1S/C27H34N2OS2/c30-27(29-23-12-1-3-14-25(23)32-26-15-4-2-13-24(26)29)16-6-8-19-31-20-21-10-9-18-28-17-7-5-11-22(21)28/h1-4,12-15,21-22H,5-11,16-20H2/t21-,22+/m0/s1. The third kappa shape index (κ3) is 4.90. The van der Waals surface area contributed by atoms with Gasteiger partial charge in [0, 0.05) is 22.3 Å². The lowest BCUT2D eigenvalue weighted by atomic mass is 9.85. The number of hydrogen-bond donors (Lipinski definition) is 0. The number of amides is 1. The van der Waals surface area contributed by atoms with E-state index >= 15 is 0 Å². The Kier molecular flexibility index (Phi) is 7.46. The number of benzene rings is 2. The number of fused-ring (bicyclic) bond motifs is 3. The summed E-state index contributed by atoms with van der Waals surface area (Å²) in [5, 5.41) is 0. The number of anilines is 2. The molecule has 1 amide bonds. The Morgan fingerprint density at radius 1 is 0.906 bits per heavy atom. The molecule has 0 spiro atoms. The van der Waals surface area contributed by atoms with Crippen LogP contribution in [0.4, 0.5) is 11.4 Å². The molecule has 0 unspecified atom stereocenters. The maximum atomic E-state index is 13.3. The number of rotatable bonds is 7. The second kappa shape index (κ2) is 10.7. The Labute approximate surface area is 201 Å². The van der Waals surface area contributed by atoms with E-state index in [1.807, 2.05) is 17.0 Å². The monoisotopic (exact) mass is 466 g/mol. The molecule has 170 valence electrons. The van der Waals surface area contributed by atoms with Crippen LogP contribution in [0.2, 0.25) is 0 Å². The van der Waals surface area contributed by atoms with E-state index in [1.165, 1.54) is 66.5 Å². The first-order chi connectivity index (χ1) is 15.8. The minimum Gasteiger partial charge on any atom is -0.300 e. The van der Waals surface area contributed by atoms with Gasteiger partial charge in [-0.25, -0.2) is 0 Å². The van der Waals surface area contributed by atoms with Crippen LogP contribution in [-0.4, -0.2) is 41.4 Å².